The number of hydrogen-bond donors (Lipinski definition) is 3. The monoisotopic (exact) mass is 261 g/mol. The number of carbonyl (C=O) groups is 1. The number of imidazole rings is 1. The molecule has 8 nitrogen and oxygen atoms in total. The molecule has 2 unspecified atom stereocenters. The van der Waals surface area contributed by atoms with E-state index >= 15 is 0 Å². The highest BCUT2D eigenvalue weighted by molar-refractivity contribution is 5.90. The summed E-state index contributed by atoms with van der Waals surface area (Å²) in [5.41, 5.74) is 5.38. The van der Waals surface area contributed by atoms with Crippen LogP contribution in [0.1, 0.15) is 35.9 Å². The van der Waals surface area contributed by atoms with Crippen LogP contribution in [-0.2, 0) is 0 Å². The minimum atomic E-state index is -0.277. The molecule has 2 atom stereocenters. The maximum atomic E-state index is 12.0. The molecule has 3 rings (SSSR count). The third kappa shape index (κ3) is 2.28. The van der Waals surface area contributed by atoms with E-state index in [0.717, 1.165) is 19.3 Å². The molecule has 0 aliphatic heterocycles. The van der Waals surface area contributed by atoms with Crippen molar-refractivity contribution in [1.29, 1.82) is 0 Å². The summed E-state index contributed by atoms with van der Waals surface area (Å²) in [6.45, 7) is 0. The number of anilines is 1. The Hall–Kier alpha value is -2.38. The van der Waals surface area contributed by atoms with Gasteiger partial charge in [0.15, 0.2) is 0 Å². The van der Waals surface area contributed by atoms with Crippen LogP contribution >= 0.6 is 0 Å². The first-order valence-electron chi connectivity index (χ1n) is 6.20. The van der Waals surface area contributed by atoms with Crippen molar-refractivity contribution < 1.29 is 4.79 Å². The SMILES string of the molecule is Nc1n[nH]c(C(=O)NC2CCCC2n2ccnc2)n1. The second-order valence-electron chi connectivity index (χ2n) is 4.63. The first-order valence-corrected chi connectivity index (χ1v) is 6.20. The van der Waals surface area contributed by atoms with Gasteiger partial charge in [-0.15, -0.1) is 5.10 Å². The number of rotatable bonds is 3. The number of nitrogens with one attached hydrogen (secondary N) is 2. The van der Waals surface area contributed by atoms with Gasteiger partial charge in [0.25, 0.3) is 5.91 Å². The van der Waals surface area contributed by atoms with Crippen LogP contribution in [0.4, 0.5) is 5.95 Å². The normalized spacial score (nSPS) is 22.5. The Balaban J connectivity index is 1.70. The fraction of sp³-hybridized carbons (Fsp3) is 0.455. The zero-order valence-electron chi connectivity index (χ0n) is 10.3. The maximum absolute atomic E-state index is 12.0. The molecule has 2 aromatic heterocycles. The number of nitrogen functional groups attached to an aromatic ring is 1. The third-order valence-electron chi connectivity index (χ3n) is 3.42. The second kappa shape index (κ2) is 4.71. The summed E-state index contributed by atoms with van der Waals surface area (Å²) >= 11 is 0. The van der Waals surface area contributed by atoms with Crippen LogP contribution in [0, 0.1) is 0 Å². The van der Waals surface area contributed by atoms with Gasteiger partial charge in [0.1, 0.15) is 0 Å². The summed E-state index contributed by atoms with van der Waals surface area (Å²) in [4.78, 5) is 19.9. The van der Waals surface area contributed by atoms with Gasteiger partial charge in [-0.05, 0) is 19.3 Å². The molecular weight excluding hydrogens is 246 g/mol. The molecule has 2 heterocycles. The highest BCUT2D eigenvalue weighted by Crippen LogP contribution is 2.29. The number of H-pyrrole nitrogens is 1. The molecule has 1 aliphatic carbocycles. The van der Waals surface area contributed by atoms with Crippen LogP contribution in [0.2, 0.25) is 0 Å². The van der Waals surface area contributed by atoms with Crippen molar-refractivity contribution in [3.63, 3.8) is 0 Å². The Morgan fingerprint density at radius 1 is 1.53 bits per heavy atom. The number of aromatic nitrogens is 5. The van der Waals surface area contributed by atoms with E-state index in [0.29, 0.717) is 0 Å². The van der Waals surface area contributed by atoms with Crippen LogP contribution in [-0.4, -0.2) is 36.7 Å². The van der Waals surface area contributed by atoms with Crippen LogP contribution < -0.4 is 11.1 Å². The van der Waals surface area contributed by atoms with Gasteiger partial charge in [-0.2, -0.15) is 4.98 Å². The van der Waals surface area contributed by atoms with Crippen LogP contribution in [0.25, 0.3) is 0 Å². The van der Waals surface area contributed by atoms with Crippen molar-refractivity contribution in [2.45, 2.75) is 31.3 Å². The summed E-state index contributed by atoms with van der Waals surface area (Å²) < 4.78 is 2.03. The summed E-state index contributed by atoms with van der Waals surface area (Å²) in [7, 11) is 0. The van der Waals surface area contributed by atoms with Crippen molar-refractivity contribution >= 4 is 11.9 Å². The van der Waals surface area contributed by atoms with Gasteiger partial charge in [-0.3, -0.25) is 9.89 Å². The smallest absolute Gasteiger partial charge is 0.288 e. The summed E-state index contributed by atoms with van der Waals surface area (Å²) in [5, 5.41) is 9.13. The minimum Gasteiger partial charge on any atom is -0.366 e. The molecule has 100 valence electrons. The van der Waals surface area contributed by atoms with Crippen molar-refractivity contribution in [1.82, 2.24) is 30.0 Å². The summed E-state index contributed by atoms with van der Waals surface area (Å²) in [5.74, 6) is -0.0577. The third-order valence-corrected chi connectivity index (χ3v) is 3.42. The fourth-order valence-corrected chi connectivity index (χ4v) is 2.54. The van der Waals surface area contributed by atoms with Crippen LogP contribution in [0.3, 0.4) is 0 Å². The molecule has 1 amide bonds. The molecule has 1 fully saturated rings. The summed E-state index contributed by atoms with van der Waals surface area (Å²) in [6, 6.07) is 0.319. The Morgan fingerprint density at radius 3 is 3.11 bits per heavy atom. The fourth-order valence-electron chi connectivity index (χ4n) is 2.54. The molecule has 1 aliphatic rings. The standard InChI is InChI=1S/C11H15N7O/c12-11-15-9(16-17-11)10(19)14-7-2-1-3-8(7)18-5-4-13-6-18/h4-8H,1-3H2,(H,14,19)(H3,12,15,16,17). The minimum absolute atomic E-state index is 0.0720. The van der Waals surface area contributed by atoms with E-state index < -0.39 is 0 Å². The lowest BCUT2D eigenvalue weighted by molar-refractivity contribution is 0.0918. The number of aromatic amines is 1. The van der Waals surface area contributed by atoms with E-state index in [-0.39, 0.29) is 29.8 Å². The number of nitrogens with two attached hydrogens (primary N) is 1. The molecule has 19 heavy (non-hydrogen) atoms. The van der Waals surface area contributed by atoms with Crippen molar-refractivity contribution in [3.8, 4) is 0 Å². The topological polar surface area (TPSA) is 115 Å². The molecule has 0 saturated heterocycles. The number of nitrogens with zero attached hydrogens (tertiary/aromatic N) is 4. The van der Waals surface area contributed by atoms with Crippen molar-refractivity contribution in [3.05, 3.63) is 24.5 Å². The molecule has 0 spiro atoms. The average molecular weight is 261 g/mol. The van der Waals surface area contributed by atoms with Gasteiger partial charge in [0.2, 0.25) is 11.8 Å². The van der Waals surface area contributed by atoms with Crippen molar-refractivity contribution in [2.24, 2.45) is 0 Å². The van der Waals surface area contributed by atoms with Gasteiger partial charge in [-0.1, -0.05) is 0 Å². The first-order chi connectivity index (χ1) is 9.24. The van der Waals surface area contributed by atoms with E-state index in [4.69, 9.17) is 5.73 Å². The summed E-state index contributed by atoms with van der Waals surface area (Å²) in [6.07, 6.45) is 8.49. The lowest BCUT2D eigenvalue weighted by Gasteiger charge is -2.21. The highest BCUT2D eigenvalue weighted by atomic mass is 16.2. The lowest BCUT2D eigenvalue weighted by atomic mass is 10.1. The molecule has 1 saturated carbocycles. The maximum Gasteiger partial charge on any atom is 0.288 e. The molecule has 0 aromatic carbocycles. The van der Waals surface area contributed by atoms with E-state index in [1.54, 1.807) is 12.5 Å². The van der Waals surface area contributed by atoms with Gasteiger partial charge < -0.3 is 15.6 Å². The predicted octanol–water partition coefficient (Wildman–Crippen LogP) is 0.107. The number of hydrogen-bond acceptors (Lipinski definition) is 5. The number of carbonyl (C=O) groups excluding carboxylic acids is 1. The molecule has 0 radical (unpaired) electrons. The molecule has 4 N–H and O–H groups in total. The van der Waals surface area contributed by atoms with Gasteiger partial charge in [0.05, 0.1) is 18.4 Å². The number of amides is 1. The largest absolute Gasteiger partial charge is 0.366 e. The Labute approximate surface area is 109 Å². The first kappa shape index (κ1) is 11.7. The predicted molar refractivity (Wildman–Crippen MR) is 67.2 cm³/mol. The van der Waals surface area contributed by atoms with Gasteiger partial charge >= 0.3 is 0 Å². The average Bonchev–Trinajstić information content (AvgIpc) is 3.07. The van der Waals surface area contributed by atoms with E-state index in [9.17, 15) is 4.79 Å². The molecule has 0 bridgehead atoms. The van der Waals surface area contributed by atoms with Crippen LogP contribution in [0.5, 0.6) is 0 Å². The second-order valence-corrected chi connectivity index (χ2v) is 4.63. The molecule has 8 heteroatoms. The Morgan fingerprint density at radius 2 is 2.42 bits per heavy atom. The van der Waals surface area contributed by atoms with Crippen LogP contribution in [0.15, 0.2) is 18.7 Å². The van der Waals surface area contributed by atoms with Gasteiger partial charge in [0, 0.05) is 12.4 Å². The van der Waals surface area contributed by atoms with Gasteiger partial charge in [-0.25, -0.2) is 4.98 Å². The zero-order valence-corrected chi connectivity index (χ0v) is 10.3. The quantitative estimate of drug-likeness (QED) is 0.725. The van der Waals surface area contributed by atoms with E-state index in [1.165, 1.54) is 0 Å². The Bertz CT molecular complexity index is 561. The Kier molecular flexibility index (Phi) is 2.90. The molecular formula is C11H15N7O. The zero-order chi connectivity index (χ0) is 13.2. The van der Waals surface area contributed by atoms with E-state index in [2.05, 4.69) is 25.5 Å². The van der Waals surface area contributed by atoms with Crippen molar-refractivity contribution in [2.75, 3.05) is 5.73 Å². The highest BCUT2D eigenvalue weighted by Gasteiger charge is 2.30. The van der Waals surface area contributed by atoms with E-state index in [1.807, 2.05) is 10.8 Å². The lowest BCUT2D eigenvalue weighted by Crippen LogP contribution is -2.38. The molecule has 2 aromatic rings.